The van der Waals surface area contributed by atoms with Gasteiger partial charge in [0.05, 0.1) is 5.69 Å². The molecule has 0 atom stereocenters. The van der Waals surface area contributed by atoms with Gasteiger partial charge in [-0.1, -0.05) is 161 Å². The summed E-state index contributed by atoms with van der Waals surface area (Å²) in [6.45, 7) is 31.5. The minimum Gasteiger partial charge on any atom is -0.311 e. The number of rotatable bonds is 2. The molecule has 0 radical (unpaired) electrons. The van der Waals surface area contributed by atoms with E-state index in [-0.39, 0.29) is 33.8 Å². The predicted molar refractivity (Wildman–Crippen MR) is 278 cm³/mol. The molecule has 12 rings (SSSR count). The number of nitrogens with zero attached hydrogens (tertiary/aromatic N) is 2. The van der Waals surface area contributed by atoms with Crippen molar-refractivity contribution in [1.29, 1.82) is 0 Å². The van der Waals surface area contributed by atoms with Gasteiger partial charge in [0, 0.05) is 44.8 Å². The van der Waals surface area contributed by atoms with E-state index in [0.717, 1.165) is 12.8 Å². The molecule has 3 heteroatoms. The lowest BCUT2D eigenvalue weighted by molar-refractivity contribution is 0.403. The zero-order valence-electron chi connectivity index (χ0n) is 40.9. The van der Waals surface area contributed by atoms with E-state index in [1.165, 1.54) is 123 Å². The van der Waals surface area contributed by atoms with Crippen molar-refractivity contribution in [2.45, 2.75) is 130 Å². The topological polar surface area (TPSA) is 6.48 Å². The maximum absolute atomic E-state index is 2.72. The molecule has 0 aromatic heterocycles. The second-order valence-electron chi connectivity index (χ2n) is 23.9. The van der Waals surface area contributed by atoms with Crippen molar-refractivity contribution in [3.63, 3.8) is 0 Å². The van der Waals surface area contributed by atoms with E-state index in [1.54, 1.807) is 0 Å². The highest BCUT2D eigenvalue weighted by Crippen LogP contribution is 2.56. The largest absolute Gasteiger partial charge is 0.311 e. The summed E-state index contributed by atoms with van der Waals surface area (Å²) in [5.74, 6) is 0. The molecular formula is C62H63BN2. The summed E-state index contributed by atoms with van der Waals surface area (Å²) in [7, 11) is 0. The minimum absolute atomic E-state index is 0.0178. The molecule has 0 saturated heterocycles. The maximum atomic E-state index is 2.72. The van der Waals surface area contributed by atoms with Crippen LogP contribution in [0.15, 0.2) is 121 Å². The molecule has 5 aliphatic rings. The van der Waals surface area contributed by atoms with Gasteiger partial charge in [-0.15, -0.1) is 0 Å². The molecule has 0 bridgehead atoms. The highest BCUT2D eigenvalue weighted by Gasteiger charge is 2.50. The molecule has 0 saturated carbocycles. The molecule has 324 valence electrons. The first-order chi connectivity index (χ1) is 30.7. The van der Waals surface area contributed by atoms with Gasteiger partial charge in [0.2, 0.25) is 0 Å². The number of benzene rings is 7. The lowest BCUT2D eigenvalue weighted by Crippen LogP contribution is -2.62. The first-order valence-corrected chi connectivity index (χ1v) is 24.2. The van der Waals surface area contributed by atoms with Crippen molar-refractivity contribution in [3.05, 3.63) is 183 Å². The van der Waals surface area contributed by atoms with Crippen LogP contribution in [0.1, 0.15) is 144 Å². The van der Waals surface area contributed by atoms with Crippen LogP contribution < -0.4 is 26.2 Å². The van der Waals surface area contributed by atoms with Crippen molar-refractivity contribution < 1.29 is 0 Å². The molecule has 0 spiro atoms. The SMILES string of the molecule is Cc1cc2c3c(c1)N(c1cccc4c1-c1ccccc1C4)c1ccc(C(C)(C)C)cc1B3c1cc3c(cc1N2c1cc2c(cc1C)C(C)(C)c1ccccc1C2(C)C)C(C)(C)CC3(C)C. The van der Waals surface area contributed by atoms with E-state index >= 15 is 0 Å². The summed E-state index contributed by atoms with van der Waals surface area (Å²) >= 11 is 0. The summed E-state index contributed by atoms with van der Waals surface area (Å²) in [5, 5.41) is 0. The third-order valence-electron chi connectivity index (χ3n) is 16.8. The number of aryl methyl sites for hydroxylation is 2. The Bertz CT molecular complexity index is 3240. The highest BCUT2D eigenvalue weighted by atomic mass is 15.2. The quantitative estimate of drug-likeness (QED) is 0.160. The summed E-state index contributed by atoms with van der Waals surface area (Å²) < 4.78 is 0. The Morgan fingerprint density at radius 3 is 1.72 bits per heavy atom. The molecule has 0 N–H and O–H groups in total. The van der Waals surface area contributed by atoms with Crippen molar-refractivity contribution >= 4 is 57.2 Å². The minimum atomic E-state index is -0.176. The van der Waals surface area contributed by atoms with Gasteiger partial charge in [0.25, 0.3) is 6.71 Å². The van der Waals surface area contributed by atoms with Crippen LogP contribution >= 0.6 is 0 Å². The van der Waals surface area contributed by atoms with Crippen LogP contribution in [0.5, 0.6) is 0 Å². The van der Waals surface area contributed by atoms with E-state index in [1.807, 2.05) is 0 Å². The van der Waals surface area contributed by atoms with Gasteiger partial charge < -0.3 is 9.80 Å². The molecule has 0 fully saturated rings. The Morgan fingerprint density at radius 1 is 0.477 bits per heavy atom. The first-order valence-electron chi connectivity index (χ1n) is 24.2. The average Bonchev–Trinajstić information content (AvgIpc) is 3.72. The molecule has 0 unspecified atom stereocenters. The number of anilines is 6. The van der Waals surface area contributed by atoms with Crippen LogP contribution in [-0.4, -0.2) is 6.71 Å². The van der Waals surface area contributed by atoms with E-state index in [9.17, 15) is 0 Å². The lowest BCUT2D eigenvalue weighted by Gasteiger charge is -2.47. The number of fused-ring (bicyclic) bond motifs is 10. The van der Waals surface area contributed by atoms with E-state index in [2.05, 4.69) is 221 Å². The molecule has 2 nitrogen and oxygen atoms in total. The summed E-state index contributed by atoms with van der Waals surface area (Å²) in [5.41, 5.74) is 30.0. The summed E-state index contributed by atoms with van der Waals surface area (Å²) in [6.07, 6.45) is 2.09. The third-order valence-corrected chi connectivity index (χ3v) is 16.8. The Labute approximate surface area is 388 Å². The van der Waals surface area contributed by atoms with Gasteiger partial charge in [-0.2, -0.15) is 0 Å². The fraction of sp³-hybridized carbons (Fsp3) is 0.323. The van der Waals surface area contributed by atoms with Crippen LogP contribution in [0.4, 0.5) is 34.1 Å². The van der Waals surface area contributed by atoms with Crippen LogP contribution in [0, 0.1) is 13.8 Å². The second kappa shape index (κ2) is 13.0. The monoisotopic (exact) mass is 847 g/mol. The standard InChI is InChI=1S/C62H63BN2/c1-36-27-54-57-55(28-36)65(52-34-47-46(29-37(52)2)61(10,11)42-22-16-17-23-43(42)62(47,12)13)53-33-45-44(59(6,7)35-60(45,8)9)32-49(53)63(57)48-31-40(58(3,4)5)25-26-50(48)64(54)51-24-18-20-39-30-38-19-14-15-21-41(38)56(39)51/h14-29,31-34H,30,35H2,1-13H3. The molecule has 3 aliphatic carbocycles. The Morgan fingerprint density at radius 2 is 1.05 bits per heavy atom. The van der Waals surface area contributed by atoms with E-state index in [0.29, 0.717) is 0 Å². The third kappa shape index (κ3) is 5.48. The molecule has 7 aromatic carbocycles. The summed E-state index contributed by atoms with van der Waals surface area (Å²) in [4.78, 5) is 5.39. The van der Waals surface area contributed by atoms with Gasteiger partial charge in [-0.3, -0.25) is 0 Å². The summed E-state index contributed by atoms with van der Waals surface area (Å²) in [6, 6.07) is 48.3. The fourth-order valence-corrected chi connectivity index (χ4v) is 13.8. The molecule has 7 aromatic rings. The van der Waals surface area contributed by atoms with Crippen LogP contribution in [0.25, 0.3) is 11.1 Å². The highest BCUT2D eigenvalue weighted by molar-refractivity contribution is 7.00. The van der Waals surface area contributed by atoms with Gasteiger partial charge in [-0.25, -0.2) is 0 Å². The molecular weight excluding hydrogens is 784 g/mol. The zero-order valence-corrected chi connectivity index (χ0v) is 40.9. The lowest BCUT2D eigenvalue weighted by atomic mass is 9.33. The Balaban J connectivity index is 1.20. The molecule has 0 amide bonds. The normalized spacial score (nSPS) is 18.2. The fourth-order valence-electron chi connectivity index (χ4n) is 13.8. The number of hydrogen-bond donors (Lipinski definition) is 0. The van der Waals surface area contributed by atoms with Gasteiger partial charge in [-0.05, 0) is 162 Å². The van der Waals surface area contributed by atoms with Crippen LogP contribution in [0.3, 0.4) is 0 Å². The van der Waals surface area contributed by atoms with Crippen molar-refractivity contribution in [2.24, 2.45) is 0 Å². The predicted octanol–water partition coefficient (Wildman–Crippen LogP) is 14.2. The maximum Gasteiger partial charge on any atom is 0.252 e. The number of hydrogen-bond acceptors (Lipinski definition) is 2. The Hall–Kier alpha value is -5.80. The van der Waals surface area contributed by atoms with Gasteiger partial charge in [0.1, 0.15) is 0 Å². The van der Waals surface area contributed by atoms with Gasteiger partial charge >= 0.3 is 0 Å². The van der Waals surface area contributed by atoms with Gasteiger partial charge in [0.15, 0.2) is 0 Å². The first kappa shape index (κ1) is 40.7. The smallest absolute Gasteiger partial charge is 0.252 e. The zero-order chi connectivity index (χ0) is 45.5. The average molecular weight is 847 g/mol. The van der Waals surface area contributed by atoms with Crippen molar-refractivity contribution in [1.82, 2.24) is 0 Å². The van der Waals surface area contributed by atoms with E-state index in [4.69, 9.17) is 0 Å². The van der Waals surface area contributed by atoms with E-state index < -0.39 is 0 Å². The van der Waals surface area contributed by atoms with Crippen molar-refractivity contribution in [2.75, 3.05) is 9.80 Å². The molecule has 2 heterocycles. The molecule has 2 aliphatic heterocycles. The van der Waals surface area contributed by atoms with Crippen LogP contribution in [0.2, 0.25) is 0 Å². The van der Waals surface area contributed by atoms with Crippen molar-refractivity contribution in [3.8, 4) is 11.1 Å². The second-order valence-corrected chi connectivity index (χ2v) is 23.9. The Kier molecular flexibility index (Phi) is 8.12. The molecule has 65 heavy (non-hydrogen) atoms. The van der Waals surface area contributed by atoms with Crippen LogP contribution in [-0.2, 0) is 33.5 Å².